The van der Waals surface area contributed by atoms with Gasteiger partial charge in [-0.1, -0.05) is 24.3 Å². The Bertz CT molecular complexity index is 810. The number of rotatable bonds is 5. The molecular weight excluding hydrogens is 340 g/mol. The lowest BCUT2D eigenvalue weighted by Crippen LogP contribution is -2.48. The highest BCUT2D eigenvalue weighted by molar-refractivity contribution is 5.86. The third kappa shape index (κ3) is 5.09. The van der Waals surface area contributed by atoms with Crippen LogP contribution < -0.4 is 10.6 Å². The zero-order chi connectivity index (χ0) is 19.2. The van der Waals surface area contributed by atoms with Gasteiger partial charge in [0, 0.05) is 33.4 Å². The number of nitrogens with zero attached hydrogens (tertiary/aromatic N) is 4. The van der Waals surface area contributed by atoms with Gasteiger partial charge >= 0.3 is 0 Å². The molecule has 0 saturated heterocycles. The van der Waals surface area contributed by atoms with E-state index in [2.05, 4.69) is 45.0 Å². The summed E-state index contributed by atoms with van der Waals surface area (Å²) in [6.07, 6.45) is 4.83. The Labute approximate surface area is 160 Å². The maximum absolute atomic E-state index is 12.0. The molecule has 1 aromatic carbocycles. The summed E-state index contributed by atoms with van der Waals surface area (Å²) in [6.45, 7) is 0.721. The van der Waals surface area contributed by atoms with Crippen molar-refractivity contribution in [3.63, 3.8) is 0 Å². The zero-order valence-electron chi connectivity index (χ0n) is 16.3. The third-order valence-electron chi connectivity index (χ3n) is 4.92. The van der Waals surface area contributed by atoms with Crippen LogP contribution in [0.1, 0.15) is 23.2 Å². The van der Waals surface area contributed by atoms with Gasteiger partial charge in [-0.05, 0) is 36.5 Å². The molecule has 0 spiro atoms. The monoisotopic (exact) mass is 368 g/mol. The predicted molar refractivity (Wildman–Crippen MR) is 106 cm³/mol. The summed E-state index contributed by atoms with van der Waals surface area (Å²) in [5, 5.41) is 10.9. The molecule has 7 heteroatoms. The van der Waals surface area contributed by atoms with E-state index in [9.17, 15) is 4.79 Å². The summed E-state index contributed by atoms with van der Waals surface area (Å²) in [5.41, 5.74) is 3.83. The number of aromatic nitrogens is 2. The molecule has 1 aromatic heterocycles. The molecule has 1 aliphatic rings. The molecule has 144 valence electrons. The van der Waals surface area contributed by atoms with Gasteiger partial charge in [-0.3, -0.25) is 9.48 Å². The SMILES string of the molecule is CN(C)C(=O)CNC(=NCc1ccnn1C)NC1CCc2ccccc2C1. The van der Waals surface area contributed by atoms with Gasteiger partial charge in [0.15, 0.2) is 5.96 Å². The van der Waals surface area contributed by atoms with Gasteiger partial charge in [-0.25, -0.2) is 4.99 Å². The number of likely N-dealkylation sites (N-methyl/N-ethyl adjacent to an activating group) is 1. The molecule has 0 fully saturated rings. The molecule has 0 saturated carbocycles. The van der Waals surface area contributed by atoms with Crippen LogP contribution in [0, 0.1) is 0 Å². The molecule has 0 aliphatic heterocycles. The quantitative estimate of drug-likeness (QED) is 0.612. The van der Waals surface area contributed by atoms with Crippen LogP contribution in [0.2, 0.25) is 0 Å². The number of carbonyl (C=O) groups is 1. The van der Waals surface area contributed by atoms with Crippen molar-refractivity contribution in [3.05, 3.63) is 53.3 Å². The van der Waals surface area contributed by atoms with Crippen molar-refractivity contribution < 1.29 is 4.79 Å². The molecule has 1 amide bonds. The molecule has 2 aromatic rings. The van der Waals surface area contributed by atoms with Gasteiger partial charge in [0.05, 0.1) is 18.8 Å². The fourth-order valence-electron chi connectivity index (χ4n) is 3.20. The van der Waals surface area contributed by atoms with Gasteiger partial charge in [-0.2, -0.15) is 5.10 Å². The molecule has 0 radical (unpaired) electrons. The number of hydrogen-bond acceptors (Lipinski definition) is 3. The zero-order valence-corrected chi connectivity index (χ0v) is 16.3. The van der Waals surface area contributed by atoms with Crippen LogP contribution in [0.3, 0.4) is 0 Å². The minimum absolute atomic E-state index is 0.0130. The minimum Gasteiger partial charge on any atom is -0.353 e. The van der Waals surface area contributed by atoms with Gasteiger partial charge < -0.3 is 15.5 Å². The number of amides is 1. The molecule has 2 N–H and O–H groups in total. The number of aryl methyl sites for hydroxylation is 2. The van der Waals surface area contributed by atoms with Crippen LogP contribution in [-0.4, -0.2) is 53.2 Å². The molecule has 1 unspecified atom stereocenters. The van der Waals surface area contributed by atoms with E-state index in [0.29, 0.717) is 18.5 Å². The average Bonchev–Trinajstić information content (AvgIpc) is 3.08. The number of carbonyl (C=O) groups excluding carboxylic acids is 1. The highest BCUT2D eigenvalue weighted by Gasteiger charge is 2.19. The lowest BCUT2D eigenvalue weighted by molar-refractivity contribution is -0.127. The Hall–Kier alpha value is -2.83. The van der Waals surface area contributed by atoms with Crippen LogP contribution in [0.25, 0.3) is 0 Å². The Kier molecular flexibility index (Phi) is 6.11. The standard InChI is InChI=1S/C20H28N6O/c1-25(2)19(27)14-22-20(21-13-18-10-11-23-26(18)3)24-17-9-8-15-6-4-5-7-16(15)12-17/h4-7,10-11,17H,8-9,12-14H2,1-3H3,(H2,21,22,24). The molecule has 1 heterocycles. The second-order valence-electron chi connectivity index (χ2n) is 7.11. The largest absolute Gasteiger partial charge is 0.353 e. The minimum atomic E-state index is 0.0130. The Morgan fingerprint density at radius 3 is 2.78 bits per heavy atom. The highest BCUT2D eigenvalue weighted by Crippen LogP contribution is 2.20. The van der Waals surface area contributed by atoms with Crippen molar-refractivity contribution in [1.82, 2.24) is 25.3 Å². The van der Waals surface area contributed by atoms with Gasteiger partial charge in [-0.15, -0.1) is 0 Å². The number of fused-ring (bicyclic) bond motifs is 1. The molecule has 7 nitrogen and oxygen atoms in total. The molecule has 27 heavy (non-hydrogen) atoms. The number of hydrogen-bond donors (Lipinski definition) is 2. The van der Waals surface area contributed by atoms with Crippen LogP contribution >= 0.6 is 0 Å². The molecule has 1 atom stereocenters. The summed E-state index contributed by atoms with van der Waals surface area (Å²) in [7, 11) is 5.41. The highest BCUT2D eigenvalue weighted by atomic mass is 16.2. The maximum atomic E-state index is 12.0. The molecule has 1 aliphatic carbocycles. The first-order chi connectivity index (χ1) is 13.0. The lowest BCUT2D eigenvalue weighted by atomic mass is 9.88. The van der Waals surface area contributed by atoms with E-state index >= 15 is 0 Å². The van der Waals surface area contributed by atoms with E-state index in [1.54, 1.807) is 25.2 Å². The van der Waals surface area contributed by atoms with Crippen molar-refractivity contribution in [2.24, 2.45) is 12.0 Å². The number of benzene rings is 1. The van der Waals surface area contributed by atoms with Gasteiger partial charge in [0.25, 0.3) is 0 Å². The second kappa shape index (κ2) is 8.70. The van der Waals surface area contributed by atoms with Crippen molar-refractivity contribution >= 4 is 11.9 Å². The van der Waals surface area contributed by atoms with Gasteiger partial charge in [0.1, 0.15) is 0 Å². The average molecular weight is 368 g/mol. The number of guanidine groups is 1. The fraction of sp³-hybridized carbons (Fsp3) is 0.450. The Morgan fingerprint density at radius 1 is 1.30 bits per heavy atom. The van der Waals surface area contributed by atoms with E-state index in [1.165, 1.54) is 11.1 Å². The van der Waals surface area contributed by atoms with E-state index in [0.717, 1.165) is 25.0 Å². The number of nitrogens with one attached hydrogen (secondary N) is 2. The van der Waals surface area contributed by atoms with E-state index in [-0.39, 0.29) is 12.5 Å². The third-order valence-corrected chi connectivity index (χ3v) is 4.92. The first-order valence-electron chi connectivity index (χ1n) is 9.31. The van der Waals surface area contributed by atoms with E-state index in [1.807, 2.05) is 17.8 Å². The second-order valence-corrected chi connectivity index (χ2v) is 7.11. The summed E-state index contributed by atoms with van der Waals surface area (Å²) in [5.74, 6) is 0.676. The topological polar surface area (TPSA) is 74.5 Å². The summed E-state index contributed by atoms with van der Waals surface area (Å²) >= 11 is 0. The van der Waals surface area contributed by atoms with Crippen LogP contribution in [0.15, 0.2) is 41.5 Å². The van der Waals surface area contributed by atoms with Crippen molar-refractivity contribution in [2.75, 3.05) is 20.6 Å². The first-order valence-corrected chi connectivity index (χ1v) is 9.31. The summed E-state index contributed by atoms with van der Waals surface area (Å²) in [6, 6.07) is 10.8. The van der Waals surface area contributed by atoms with Gasteiger partial charge in [0.2, 0.25) is 5.91 Å². The van der Waals surface area contributed by atoms with Crippen LogP contribution in [0.4, 0.5) is 0 Å². The maximum Gasteiger partial charge on any atom is 0.241 e. The first kappa shape index (κ1) is 18.9. The normalized spacial score (nSPS) is 16.6. The van der Waals surface area contributed by atoms with E-state index < -0.39 is 0 Å². The Morgan fingerprint density at radius 2 is 2.07 bits per heavy atom. The van der Waals surface area contributed by atoms with Crippen LogP contribution in [-0.2, 0) is 31.2 Å². The Balaban J connectivity index is 1.67. The van der Waals surface area contributed by atoms with Crippen molar-refractivity contribution in [1.29, 1.82) is 0 Å². The molecule has 3 rings (SSSR count). The fourth-order valence-corrected chi connectivity index (χ4v) is 3.20. The molecular formula is C20H28N6O. The number of aliphatic imine (C=N–C) groups is 1. The van der Waals surface area contributed by atoms with Crippen molar-refractivity contribution in [3.8, 4) is 0 Å². The smallest absolute Gasteiger partial charge is 0.241 e. The lowest BCUT2D eigenvalue weighted by Gasteiger charge is -2.27. The summed E-state index contributed by atoms with van der Waals surface area (Å²) in [4.78, 5) is 18.2. The van der Waals surface area contributed by atoms with E-state index in [4.69, 9.17) is 0 Å². The molecule has 0 bridgehead atoms. The van der Waals surface area contributed by atoms with Crippen molar-refractivity contribution in [2.45, 2.75) is 31.8 Å². The predicted octanol–water partition coefficient (Wildman–Crippen LogP) is 1.10. The van der Waals surface area contributed by atoms with Crippen LogP contribution in [0.5, 0.6) is 0 Å². The summed E-state index contributed by atoms with van der Waals surface area (Å²) < 4.78 is 1.81.